The van der Waals surface area contributed by atoms with E-state index in [9.17, 15) is 74.1 Å². The first-order valence-corrected chi connectivity index (χ1v) is 51.0. The van der Waals surface area contributed by atoms with Crippen molar-refractivity contribution in [2.75, 3.05) is 0 Å². The normalized spacial score (nSPS) is 32.9. The number of carbonyl (C=O) groups is 8. The molecule has 8 heterocycles. The van der Waals surface area contributed by atoms with E-state index in [1.54, 1.807) is 125 Å². The van der Waals surface area contributed by atoms with E-state index in [4.69, 9.17) is 8.83 Å². The number of ketones is 4. The van der Waals surface area contributed by atoms with Gasteiger partial charge in [0, 0.05) is 42.9 Å². The number of fused-ring (bicyclic) bond motifs is 1. The molecule has 140 heavy (non-hydrogen) atoms. The van der Waals surface area contributed by atoms with Crippen molar-refractivity contribution in [2.45, 2.75) is 346 Å². The Hall–Kier alpha value is -9.42. The lowest BCUT2D eigenvalue weighted by Crippen LogP contribution is -2.47. The molecule has 11 N–H and O–H groups in total. The summed E-state index contributed by atoms with van der Waals surface area (Å²) in [6.07, 6.45) is 29.6. The fourth-order valence-corrected chi connectivity index (χ4v) is 19.7. The number of amides is 4. The van der Waals surface area contributed by atoms with Gasteiger partial charge in [-0.25, -0.2) is 19.9 Å². The second-order valence-electron chi connectivity index (χ2n) is 42.4. The Kier molecular flexibility index (Phi) is 47.0. The molecule has 0 spiro atoms. The number of carbonyl (C=O) groups excluding carboxylic acids is 8. The van der Waals surface area contributed by atoms with Crippen LogP contribution in [0.4, 0.5) is 0 Å². The molecule has 4 aliphatic rings. The van der Waals surface area contributed by atoms with Crippen LogP contribution >= 0.6 is 22.7 Å². The molecule has 1 aromatic carbocycles. The quantitative estimate of drug-likeness (QED) is 0.0721. The van der Waals surface area contributed by atoms with Gasteiger partial charge in [0.2, 0.25) is 23.6 Å². The van der Waals surface area contributed by atoms with Gasteiger partial charge in [-0.1, -0.05) is 240 Å². The van der Waals surface area contributed by atoms with Crippen molar-refractivity contribution in [3.05, 3.63) is 192 Å². The van der Waals surface area contributed by atoms with Gasteiger partial charge in [0.1, 0.15) is 47.0 Å². The highest BCUT2D eigenvalue weighted by atomic mass is 32.1. The van der Waals surface area contributed by atoms with Gasteiger partial charge in [-0.05, 0) is 195 Å². The number of benzene rings is 1. The number of allylic oxidation sites excluding steroid dienone is 12. The monoisotopic (exact) mass is 1970 g/mol. The van der Waals surface area contributed by atoms with Crippen LogP contribution in [0.5, 0.6) is 0 Å². The van der Waals surface area contributed by atoms with E-state index in [0.717, 1.165) is 76.9 Å². The van der Waals surface area contributed by atoms with Gasteiger partial charge in [-0.15, -0.1) is 22.7 Å². The fourth-order valence-electron chi connectivity index (χ4n) is 18.3. The molecule has 0 saturated carbocycles. The molecule has 0 fully saturated rings. The van der Waals surface area contributed by atoms with E-state index >= 15 is 0 Å². The average Bonchev–Trinajstić information content (AvgIpc) is 1.74. The predicted molar refractivity (Wildman–Crippen MR) is 564 cm³/mol. The third-order valence-electron chi connectivity index (χ3n) is 28.8. The molecule has 27 heteroatoms. The fraction of sp³-hybridized carbons (Fsp3) is 0.593. The minimum Gasteiger partial charge on any atom is -0.449 e. The summed E-state index contributed by atoms with van der Waals surface area (Å²) in [5.41, 5.74) is 6.53. The number of aliphatic hydroxyl groups is 7. The molecule has 4 amide bonds. The predicted octanol–water partition coefficient (Wildman–Crippen LogP) is 20.3. The van der Waals surface area contributed by atoms with Crippen LogP contribution in [-0.2, 0) is 38.4 Å². The van der Waals surface area contributed by atoms with Crippen LogP contribution in [0, 0.1) is 114 Å². The Labute approximate surface area is 842 Å². The molecule has 25 nitrogen and oxygen atoms in total. The Bertz CT molecular complexity index is 5200. The second-order valence-corrected chi connectivity index (χ2v) is 44.7. The maximum absolute atomic E-state index is 13.4. The molecule has 0 saturated heterocycles. The first-order chi connectivity index (χ1) is 64.7. The third kappa shape index (κ3) is 35.0. The van der Waals surface area contributed by atoms with Crippen LogP contribution < -0.4 is 21.3 Å². The molecular formula is C113H168N8O17S2. The Morgan fingerprint density at radius 1 is 0.407 bits per heavy atom. The summed E-state index contributed by atoms with van der Waals surface area (Å²) in [6.45, 7) is 55.9. The van der Waals surface area contributed by atoms with Gasteiger partial charge in [-0.2, -0.15) is 0 Å². The number of rotatable bonds is 7. The summed E-state index contributed by atoms with van der Waals surface area (Å²) in [5.74, 6) is -3.06. The van der Waals surface area contributed by atoms with Crippen molar-refractivity contribution in [3.8, 4) is 0 Å². The standard InChI is InChI=1S/C29H44N2O4.C28H38N2O4S.C28H42N2O4S.C27H40N2O5.CH4/c1-17-11-10-12-18(2)21(5)22(6)28(34)29(8,9)25(32)15-26(33)31-27(19(3)13-17)20(4)14-24-16-35-23(7)30-24;1-16-8-7-9-17(2)26(33)18(3)27(34)28(5,6)24(31)15-25(32)30-21(12-10-16)20-11-13-23-22(14-20)29-19(4)35-23;1-16-10-9-11-17(2)26(33)20(5)27(34)28(7,8)23(31)14-24(32)30-25(18(3)12-16)19(4)13-22-15-35-21(6)29-22;1-16-9-8-10-17(2)25(32)19(4)26(33)27(6,7)23(30)14-24(31)29-22(12-11-16)18(3)13-21-15-34-20(5)28-21;/h10-11,13-14,16,18-19,21-22,25,27,32H,12,15H2,1-9H3,(H,31,33);7-8,10-11,13-14,17-18,21,24,26,31,33H,9,12,15H2,1-6H3,(H,30,32);9-10,12-13,15,17-18,20,23,25-26,31,33H,11,14H2,1-8H3,(H,30,32);8-9,11,13,15,17,19,22-23,25,30,32H,10,12,14H2,1-7H3,(H,29,31);1H4/b11-10+,17-13-,20-14+;8-7+,16-10-;10-9+,16-12-,19-13+;9-8+,16-11-,18-13+;/t18-,19-,21-,22+,25-,27-;17-,18+,21-,24-,26-;17-,18-,20+,23-,25-,26-;17-,19+,22-,23-,25-;/m0000./s1. The van der Waals surface area contributed by atoms with E-state index < -0.39 is 82.1 Å². The van der Waals surface area contributed by atoms with Crippen LogP contribution in [0.15, 0.2) is 157 Å². The number of aliphatic hydroxyl groups excluding tert-OH is 7. The van der Waals surface area contributed by atoms with Crippen molar-refractivity contribution < 1.29 is 82.9 Å². The van der Waals surface area contributed by atoms with Crippen LogP contribution in [0.1, 0.15) is 302 Å². The number of aromatic nitrogens is 4. The van der Waals surface area contributed by atoms with Crippen molar-refractivity contribution in [1.29, 1.82) is 0 Å². The Morgan fingerprint density at radius 2 is 0.757 bits per heavy atom. The van der Waals surface area contributed by atoms with Crippen molar-refractivity contribution >= 4 is 97.9 Å². The lowest BCUT2D eigenvalue weighted by molar-refractivity contribution is -0.144. The molecule has 0 unspecified atom stereocenters. The van der Waals surface area contributed by atoms with Gasteiger partial charge in [0.05, 0.1) is 140 Å². The lowest BCUT2D eigenvalue weighted by Gasteiger charge is -2.35. The van der Waals surface area contributed by atoms with Gasteiger partial charge < -0.3 is 65.8 Å². The van der Waals surface area contributed by atoms with Gasteiger partial charge in [-0.3, -0.25) is 38.4 Å². The topological polar surface area (TPSA) is 404 Å². The molecule has 22 atom stereocenters. The molecule has 5 aromatic rings. The number of oxazole rings is 2. The molecule has 0 aliphatic carbocycles. The van der Waals surface area contributed by atoms with Gasteiger partial charge in [0.15, 0.2) is 11.8 Å². The minimum atomic E-state index is -1.18. The average molecular weight is 1970 g/mol. The lowest BCUT2D eigenvalue weighted by atomic mass is 9.70. The number of aryl methyl sites for hydroxylation is 4. The van der Waals surface area contributed by atoms with Crippen molar-refractivity contribution in [3.63, 3.8) is 0 Å². The molecule has 774 valence electrons. The van der Waals surface area contributed by atoms with Crippen LogP contribution in [0.3, 0.4) is 0 Å². The number of Topliss-reactive ketones (excluding diaryl/α,β-unsaturated/α-hetero) is 4. The number of hydrogen-bond acceptors (Lipinski definition) is 23. The van der Waals surface area contributed by atoms with Gasteiger partial charge >= 0.3 is 0 Å². The largest absolute Gasteiger partial charge is 0.449 e. The van der Waals surface area contributed by atoms with E-state index in [2.05, 4.69) is 99.3 Å². The minimum absolute atomic E-state index is 0. The van der Waals surface area contributed by atoms with Crippen molar-refractivity contribution in [2.24, 2.45) is 86.8 Å². The van der Waals surface area contributed by atoms with E-state index in [1.807, 2.05) is 174 Å². The van der Waals surface area contributed by atoms with E-state index in [1.165, 1.54) is 0 Å². The summed E-state index contributed by atoms with van der Waals surface area (Å²) < 4.78 is 11.7. The molecule has 4 aromatic heterocycles. The summed E-state index contributed by atoms with van der Waals surface area (Å²) in [7, 11) is 0. The number of thiazole rings is 2. The first kappa shape index (κ1) is 121. The molecular weight excluding hydrogens is 1810 g/mol. The SMILES string of the molecule is C.CC1=C/C[C@@H](/C(C)=C/c2coc(C)n2)NC(=O)C[C@H](O)C(C)(C)C(=O)[C@H](C)[C@@H](O)[C@@H](C)C\C=C\1.CC1=C/C[C@@H](c2ccc3sc(C)nc3c2)NC(=O)C[C@H](O)C(C)(C)C(=O)[C@H](C)[C@@H](O)[C@@H](C)C\C=C\1.CC1=C/[C@H](C)[C@@H](/C(C)=C/c2coc(C)n2)NC(=O)C[C@H](O)C(C)(C)C(=O)[C@H](C)[C@@H](C)[C@@H](C)C\C=C\1.CC1=C/[C@H](C)[C@@H](/C(C)=C/c2csc(C)n2)NC(=O)C[C@H](O)C(C)(C)C(=O)[C@H](C)[C@@H](O)[C@@H](C)C\C=C\1. The summed E-state index contributed by atoms with van der Waals surface area (Å²) in [5, 5.41) is 92.1. The molecule has 0 radical (unpaired) electrons. The third-order valence-corrected chi connectivity index (χ3v) is 30.6. The smallest absolute Gasteiger partial charge is 0.223 e. The van der Waals surface area contributed by atoms with Gasteiger partial charge in [0.25, 0.3) is 0 Å². The summed E-state index contributed by atoms with van der Waals surface area (Å²) in [6, 6.07) is 4.84. The van der Waals surface area contributed by atoms with E-state index in [-0.39, 0.29) is 145 Å². The zero-order chi connectivity index (χ0) is 105. The van der Waals surface area contributed by atoms with Crippen LogP contribution in [0.25, 0.3) is 28.4 Å². The number of hydrogen-bond donors (Lipinski definition) is 11. The second kappa shape index (κ2) is 54.3. The van der Waals surface area contributed by atoms with Crippen LogP contribution in [-0.4, -0.2) is 163 Å². The summed E-state index contributed by atoms with van der Waals surface area (Å²) >= 11 is 3.21. The number of nitrogens with one attached hydrogen (secondary N) is 4. The Balaban J connectivity index is 0.000000328. The zero-order valence-corrected chi connectivity index (χ0v) is 89.8. The zero-order valence-electron chi connectivity index (χ0n) is 88.2. The Morgan fingerprint density at radius 3 is 1.14 bits per heavy atom. The molecule has 4 aliphatic heterocycles. The van der Waals surface area contributed by atoms with Crippen molar-refractivity contribution in [1.82, 2.24) is 41.2 Å². The number of nitrogens with zero attached hydrogens (tertiary/aromatic N) is 4. The molecule has 9 rings (SSSR count). The highest BCUT2D eigenvalue weighted by Gasteiger charge is 2.47. The molecule has 0 bridgehead atoms. The maximum Gasteiger partial charge on any atom is 0.223 e. The van der Waals surface area contributed by atoms with E-state index in [0.29, 0.717) is 61.2 Å². The van der Waals surface area contributed by atoms with Crippen LogP contribution in [0.2, 0.25) is 0 Å². The maximum atomic E-state index is 13.4. The summed E-state index contributed by atoms with van der Waals surface area (Å²) in [4.78, 5) is 123. The highest BCUT2D eigenvalue weighted by Crippen LogP contribution is 2.40. The highest BCUT2D eigenvalue weighted by molar-refractivity contribution is 7.18. The first-order valence-electron chi connectivity index (χ1n) is 49.4.